The Morgan fingerprint density at radius 2 is 2.04 bits per heavy atom. The second-order valence-corrected chi connectivity index (χ2v) is 7.05. The number of fused-ring (bicyclic) bond motifs is 1. The van der Waals surface area contributed by atoms with Crippen molar-refractivity contribution >= 4 is 44.9 Å². The van der Waals surface area contributed by atoms with E-state index >= 15 is 0 Å². The SMILES string of the molecule is Cc1cc(NC(=O)c2cccc(F)c2)n(-c2nc3c(Cl)cccc3s2)n1. The summed E-state index contributed by atoms with van der Waals surface area (Å²) in [4.78, 5) is 17.0. The third-order valence-corrected chi connectivity index (χ3v) is 5.00. The van der Waals surface area contributed by atoms with Crippen molar-refractivity contribution in [2.24, 2.45) is 0 Å². The van der Waals surface area contributed by atoms with Gasteiger partial charge >= 0.3 is 0 Å². The molecule has 0 fully saturated rings. The predicted octanol–water partition coefficient (Wildman–Crippen LogP) is 4.84. The van der Waals surface area contributed by atoms with E-state index < -0.39 is 11.7 Å². The molecule has 4 rings (SSSR count). The van der Waals surface area contributed by atoms with E-state index in [2.05, 4.69) is 15.4 Å². The van der Waals surface area contributed by atoms with Crippen LogP contribution in [0.1, 0.15) is 16.1 Å². The molecule has 0 aliphatic rings. The fourth-order valence-electron chi connectivity index (χ4n) is 2.55. The number of para-hydroxylation sites is 1. The van der Waals surface area contributed by atoms with E-state index in [0.717, 1.165) is 4.70 Å². The summed E-state index contributed by atoms with van der Waals surface area (Å²) in [6.45, 7) is 1.81. The lowest BCUT2D eigenvalue weighted by molar-refractivity contribution is 0.102. The summed E-state index contributed by atoms with van der Waals surface area (Å²) in [5.41, 5.74) is 1.62. The number of nitrogens with one attached hydrogen (secondary N) is 1. The minimum atomic E-state index is -0.469. The van der Waals surface area contributed by atoms with Crippen LogP contribution in [-0.2, 0) is 0 Å². The van der Waals surface area contributed by atoms with Crippen LogP contribution in [0.2, 0.25) is 5.02 Å². The molecule has 0 unspecified atom stereocenters. The normalized spacial score (nSPS) is 11.0. The lowest BCUT2D eigenvalue weighted by atomic mass is 10.2. The van der Waals surface area contributed by atoms with Crippen LogP contribution in [0.4, 0.5) is 10.2 Å². The van der Waals surface area contributed by atoms with Crippen molar-refractivity contribution in [3.05, 3.63) is 70.6 Å². The highest BCUT2D eigenvalue weighted by Gasteiger charge is 2.16. The first-order chi connectivity index (χ1) is 12.5. The van der Waals surface area contributed by atoms with Gasteiger partial charge in [-0.05, 0) is 37.3 Å². The first-order valence-electron chi connectivity index (χ1n) is 7.70. The maximum absolute atomic E-state index is 13.4. The zero-order valence-electron chi connectivity index (χ0n) is 13.5. The van der Waals surface area contributed by atoms with Crippen molar-refractivity contribution in [1.29, 1.82) is 0 Å². The van der Waals surface area contributed by atoms with Crippen LogP contribution >= 0.6 is 22.9 Å². The Bertz CT molecular complexity index is 1140. The summed E-state index contributed by atoms with van der Waals surface area (Å²) in [7, 11) is 0. The number of benzene rings is 2. The van der Waals surface area contributed by atoms with Gasteiger partial charge in [-0.15, -0.1) is 0 Å². The molecule has 2 aromatic heterocycles. The number of nitrogens with zero attached hydrogens (tertiary/aromatic N) is 3. The topological polar surface area (TPSA) is 59.8 Å². The standard InChI is InChI=1S/C18H12ClFN4OS/c1-10-8-15(21-17(25)11-4-2-5-12(20)9-11)24(23-10)18-22-16-13(19)6-3-7-14(16)26-18/h2-9H,1H3,(H,21,25). The molecule has 5 nitrogen and oxygen atoms in total. The van der Waals surface area contributed by atoms with Crippen LogP contribution in [-0.4, -0.2) is 20.7 Å². The summed E-state index contributed by atoms with van der Waals surface area (Å²) in [5, 5.41) is 8.30. The Morgan fingerprint density at radius 1 is 1.23 bits per heavy atom. The fraction of sp³-hybridized carbons (Fsp3) is 0.0556. The van der Waals surface area contributed by atoms with Crippen LogP contribution in [0.5, 0.6) is 0 Å². The number of aryl methyl sites for hydroxylation is 1. The number of carbonyl (C=O) groups excluding carboxylic acids is 1. The van der Waals surface area contributed by atoms with E-state index in [0.29, 0.717) is 27.2 Å². The number of carbonyl (C=O) groups is 1. The van der Waals surface area contributed by atoms with E-state index in [4.69, 9.17) is 11.6 Å². The summed E-state index contributed by atoms with van der Waals surface area (Å²) in [6.07, 6.45) is 0. The molecule has 2 heterocycles. The van der Waals surface area contributed by atoms with Gasteiger partial charge in [-0.25, -0.2) is 9.37 Å². The second-order valence-electron chi connectivity index (χ2n) is 5.63. The molecule has 0 saturated carbocycles. The second kappa shape index (κ2) is 6.51. The quantitative estimate of drug-likeness (QED) is 0.548. The number of hydrogen-bond donors (Lipinski definition) is 1. The molecule has 0 saturated heterocycles. The van der Waals surface area contributed by atoms with E-state index in [1.54, 1.807) is 22.9 Å². The van der Waals surface area contributed by atoms with Gasteiger partial charge in [0.1, 0.15) is 17.2 Å². The smallest absolute Gasteiger partial charge is 0.256 e. The van der Waals surface area contributed by atoms with Crippen LogP contribution in [0.15, 0.2) is 48.5 Å². The van der Waals surface area contributed by atoms with Gasteiger partial charge in [0.05, 0.1) is 15.4 Å². The molecule has 0 aliphatic carbocycles. The fourth-order valence-corrected chi connectivity index (χ4v) is 3.78. The van der Waals surface area contributed by atoms with Gasteiger partial charge in [-0.3, -0.25) is 4.79 Å². The highest BCUT2D eigenvalue weighted by molar-refractivity contribution is 7.20. The number of halogens is 2. The van der Waals surface area contributed by atoms with E-state index in [1.165, 1.54) is 29.5 Å². The van der Waals surface area contributed by atoms with E-state index in [-0.39, 0.29) is 5.56 Å². The van der Waals surface area contributed by atoms with Crippen LogP contribution in [0.3, 0.4) is 0 Å². The predicted molar refractivity (Wildman–Crippen MR) is 101 cm³/mol. The lowest BCUT2D eigenvalue weighted by Crippen LogP contribution is -2.15. The Morgan fingerprint density at radius 3 is 2.81 bits per heavy atom. The van der Waals surface area contributed by atoms with Gasteiger partial charge in [0.2, 0.25) is 5.13 Å². The van der Waals surface area contributed by atoms with Crippen LogP contribution in [0, 0.1) is 12.7 Å². The first kappa shape index (κ1) is 16.7. The van der Waals surface area contributed by atoms with Crippen molar-refractivity contribution in [2.75, 3.05) is 5.32 Å². The van der Waals surface area contributed by atoms with Crippen molar-refractivity contribution in [3.63, 3.8) is 0 Å². The molecule has 0 aliphatic heterocycles. The average molecular weight is 387 g/mol. The first-order valence-corrected chi connectivity index (χ1v) is 8.90. The average Bonchev–Trinajstić information content (AvgIpc) is 3.19. The number of anilines is 1. The van der Waals surface area contributed by atoms with Crippen molar-refractivity contribution in [2.45, 2.75) is 6.92 Å². The number of thiazole rings is 1. The molecule has 1 amide bonds. The minimum Gasteiger partial charge on any atom is -0.306 e. The molecule has 8 heteroatoms. The zero-order chi connectivity index (χ0) is 18.3. The summed E-state index contributed by atoms with van der Waals surface area (Å²) < 4.78 is 15.8. The van der Waals surface area contributed by atoms with Crippen molar-refractivity contribution in [3.8, 4) is 5.13 Å². The molecular formula is C18H12ClFN4OS. The highest BCUT2D eigenvalue weighted by atomic mass is 35.5. The summed E-state index contributed by atoms with van der Waals surface area (Å²) >= 11 is 7.60. The van der Waals surface area contributed by atoms with Gasteiger partial charge < -0.3 is 5.32 Å². The zero-order valence-corrected chi connectivity index (χ0v) is 15.1. The van der Waals surface area contributed by atoms with Crippen LogP contribution in [0.25, 0.3) is 15.3 Å². The van der Waals surface area contributed by atoms with Gasteiger partial charge in [-0.1, -0.05) is 35.1 Å². The van der Waals surface area contributed by atoms with Crippen molar-refractivity contribution in [1.82, 2.24) is 14.8 Å². The third kappa shape index (κ3) is 3.07. The Labute approximate surface area is 157 Å². The molecule has 1 N–H and O–H groups in total. The molecule has 0 radical (unpaired) electrons. The number of hydrogen-bond acceptors (Lipinski definition) is 4. The van der Waals surface area contributed by atoms with Gasteiger partial charge in [-0.2, -0.15) is 9.78 Å². The van der Waals surface area contributed by atoms with E-state index in [9.17, 15) is 9.18 Å². The molecular weight excluding hydrogens is 375 g/mol. The Hall–Kier alpha value is -2.77. The summed E-state index contributed by atoms with van der Waals surface area (Å²) in [5.74, 6) is -0.445. The number of aromatic nitrogens is 3. The van der Waals surface area contributed by atoms with E-state index in [1.807, 2.05) is 19.1 Å². The lowest BCUT2D eigenvalue weighted by Gasteiger charge is -2.06. The summed E-state index contributed by atoms with van der Waals surface area (Å²) in [6, 6.07) is 12.8. The molecule has 4 aromatic rings. The minimum absolute atomic E-state index is 0.225. The maximum atomic E-state index is 13.4. The monoisotopic (exact) mass is 386 g/mol. The number of amides is 1. The molecule has 0 spiro atoms. The van der Waals surface area contributed by atoms with Gasteiger partial charge in [0.15, 0.2) is 0 Å². The van der Waals surface area contributed by atoms with Crippen LogP contribution < -0.4 is 5.32 Å². The maximum Gasteiger partial charge on any atom is 0.256 e. The molecule has 0 atom stereocenters. The largest absolute Gasteiger partial charge is 0.306 e. The molecule has 26 heavy (non-hydrogen) atoms. The number of rotatable bonds is 3. The Balaban J connectivity index is 1.72. The Kier molecular flexibility index (Phi) is 4.18. The molecule has 0 bridgehead atoms. The van der Waals surface area contributed by atoms with Gasteiger partial charge in [0.25, 0.3) is 5.91 Å². The molecule has 2 aromatic carbocycles. The van der Waals surface area contributed by atoms with Crippen molar-refractivity contribution < 1.29 is 9.18 Å². The third-order valence-electron chi connectivity index (χ3n) is 3.70. The molecule has 130 valence electrons. The highest BCUT2D eigenvalue weighted by Crippen LogP contribution is 2.31. The van der Waals surface area contributed by atoms with Gasteiger partial charge in [0, 0.05) is 11.6 Å².